The number of carbonyl (C=O) groups excluding carboxylic acids is 1. The van der Waals surface area contributed by atoms with Crippen LogP contribution in [-0.2, 0) is 4.79 Å². The largest absolute Gasteiger partial charge is 0.353 e. The number of carbonyl (C=O) groups is 1. The van der Waals surface area contributed by atoms with Crippen LogP contribution in [0.3, 0.4) is 0 Å². The van der Waals surface area contributed by atoms with E-state index >= 15 is 0 Å². The van der Waals surface area contributed by atoms with Gasteiger partial charge in [-0.25, -0.2) is 0 Å². The van der Waals surface area contributed by atoms with Crippen LogP contribution in [0.5, 0.6) is 0 Å². The molecule has 0 bridgehead atoms. The van der Waals surface area contributed by atoms with Crippen LogP contribution in [0.1, 0.15) is 36.3 Å². The molecule has 2 aromatic carbocycles. The van der Waals surface area contributed by atoms with E-state index in [0.717, 1.165) is 29.9 Å². The van der Waals surface area contributed by atoms with Crippen molar-refractivity contribution in [2.24, 2.45) is 10.9 Å². The lowest BCUT2D eigenvalue weighted by molar-refractivity contribution is -0.108. The third kappa shape index (κ3) is 6.68. The molecule has 0 unspecified atom stereocenters. The molecule has 29 heavy (non-hydrogen) atoms. The van der Waals surface area contributed by atoms with Gasteiger partial charge in [0.05, 0.1) is 18.8 Å². The molecule has 0 radical (unpaired) electrons. The van der Waals surface area contributed by atoms with Gasteiger partial charge in [-0.15, -0.1) is 0 Å². The first-order chi connectivity index (χ1) is 14.3. The lowest BCUT2D eigenvalue weighted by Gasteiger charge is -2.29. The van der Waals surface area contributed by atoms with Crippen molar-refractivity contribution in [2.75, 3.05) is 26.7 Å². The monoisotopic (exact) mass is 389 g/mol. The molecule has 2 aromatic rings. The molecule has 0 saturated carbocycles. The zero-order chi connectivity index (χ0) is 20.3. The van der Waals surface area contributed by atoms with Crippen molar-refractivity contribution in [3.05, 3.63) is 83.6 Å². The summed E-state index contributed by atoms with van der Waals surface area (Å²) in [7, 11) is 2.21. The van der Waals surface area contributed by atoms with E-state index in [1.807, 2.05) is 60.7 Å². The maximum atomic E-state index is 11.1. The van der Waals surface area contributed by atoms with E-state index in [0.29, 0.717) is 0 Å². The predicted molar refractivity (Wildman–Crippen MR) is 120 cm³/mol. The summed E-state index contributed by atoms with van der Waals surface area (Å²) >= 11 is 0. The molecule has 1 fully saturated rings. The van der Waals surface area contributed by atoms with Crippen LogP contribution < -0.4 is 5.32 Å². The molecule has 4 nitrogen and oxygen atoms in total. The number of benzene rings is 2. The van der Waals surface area contributed by atoms with Crippen LogP contribution in [0.2, 0.25) is 0 Å². The van der Waals surface area contributed by atoms with Gasteiger partial charge in [0.1, 0.15) is 6.29 Å². The quantitative estimate of drug-likeness (QED) is 0.778. The third-order valence-electron chi connectivity index (χ3n) is 5.59. The second kappa shape index (κ2) is 11.3. The van der Waals surface area contributed by atoms with Crippen molar-refractivity contribution in [3.63, 3.8) is 0 Å². The first-order valence-corrected chi connectivity index (χ1v) is 10.4. The fourth-order valence-corrected chi connectivity index (χ4v) is 3.85. The molecule has 0 aromatic heterocycles. The number of piperidine rings is 1. The molecule has 0 amide bonds. The van der Waals surface area contributed by atoms with Crippen LogP contribution in [0.25, 0.3) is 0 Å². The number of aldehydes is 1. The van der Waals surface area contributed by atoms with Gasteiger partial charge in [0.25, 0.3) is 0 Å². The van der Waals surface area contributed by atoms with Crippen LogP contribution in [0.4, 0.5) is 0 Å². The van der Waals surface area contributed by atoms with Crippen molar-refractivity contribution in [1.29, 1.82) is 0 Å². The van der Waals surface area contributed by atoms with Gasteiger partial charge in [-0.1, -0.05) is 60.7 Å². The van der Waals surface area contributed by atoms with E-state index in [-0.39, 0.29) is 5.92 Å². The lowest BCUT2D eigenvalue weighted by atomic mass is 9.90. The maximum Gasteiger partial charge on any atom is 0.131 e. The van der Waals surface area contributed by atoms with E-state index in [1.54, 1.807) is 6.34 Å². The molecular weight excluding hydrogens is 358 g/mol. The van der Waals surface area contributed by atoms with Crippen LogP contribution in [-0.4, -0.2) is 44.2 Å². The van der Waals surface area contributed by atoms with Gasteiger partial charge >= 0.3 is 0 Å². The normalized spacial score (nSPS) is 17.1. The summed E-state index contributed by atoms with van der Waals surface area (Å²) in [5.74, 6) is 0.736. The van der Waals surface area contributed by atoms with Crippen molar-refractivity contribution in [1.82, 2.24) is 10.2 Å². The molecule has 0 atom stereocenters. The Hall–Kier alpha value is -2.72. The zero-order valence-corrected chi connectivity index (χ0v) is 17.2. The fourth-order valence-electron chi connectivity index (χ4n) is 3.85. The smallest absolute Gasteiger partial charge is 0.131 e. The minimum absolute atomic E-state index is 0.146. The number of hydrogen-bond acceptors (Lipinski definition) is 4. The summed E-state index contributed by atoms with van der Waals surface area (Å²) in [6.07, 6.45) is 8.81. The number of likely N-dealkylation sites (tertiary alicyclic amines) is 1. The summed E-state index contributed by atoms with van der Waals surface area (Å²) in [5.41, 5.74) is 3.54. The highest BCUT2D eigenvalue weighted by Gasteiger charge is 2.18. The highest BCUT2D eigenvalue weighted by molar-refractivity contribution is 5.68. The van der Waals surface area contributed by atoms with E-state index < -0.39 is 0 Å². The van der Waals surface area contributed by atoms with Crippen LogP contribution in [0, 0.1) is 5.92 Å². The first-order valence-electron chi connectivity index (χ1n) is 10.4. The van der Waals surface area contributed by atoms with E-state index in [1.165, 1.54) is 37.9 Å². The van der Waals surface area contributed by atoms with Gasteiger partial charge in [0.2, 0.25) is 0 Å². The molecule has 1 saturated heterocycles. The van der Waals surface area contributed by atoms with Crippen molar-refractivity contribution >= 4 is 12.6 Å². The summed E-state index contributed by atoms with van der Waals surface area (Å²) in [5, 5.41) is 3.07. The molecule has 4 rings (SSSR count). The van der Waals surface area contributed by atoms with Gasteiger partial charge in [-0.2, -0.15) is 0 Å². The number of aliphatic imine (C=N–C) groups is 1. The molecule has 0 aliphatic carbocycles. The lowest BCUT2D eigenvalue weighted by Crippen LogP contribution is -2.30. The molecule has 2 aliphatic rings. The topological polar surface area (TPSA) is 44.7 Å². The average Bonchev–Trinajstić information content (AvgIpc) is 2.79. The molecular formula is C25H31N3O. The van der Waals surface area contributed by atoms with Gasteiger partial charge in [0.15, 0.2) is 0 Å². The maximum absolute atomic E-state index is 11.1. The Balaban J connectivity index is 0.000000166. The van der Waals surface area contributed by atoms with Crippen molar-refractivity contribution < 1.29 is 4.79 Å². The van der Waals surface area contributed by atoms with Crippen molar-refractivity contribution in [3.8, 4) is 0 Å². The molecule has 0 spiro atoms. The minimum atomic E-state index is -0.146. The Morgan fingerprint density at radius 3 is 2.10 bits per heavy atom. The highest BCUT2D eigenvalue weighted by atomic mass is 16.1. The summed E-state index contributed by atoms with van der Waals surface area (Å²) < 4.78 is 0. The van der Waals surface area contributed by atoms with Crippen LogP contribution in [0.15, 0.2) is 77.4 Å². The van der Waals surface area contributed by atoms with E-state index in [2.05, 4.69) is 28.5 Å². The third-order valence-corrected chi connectivity index (χ3v) is 5.59. The molecule has 2 aliphatic heterocycles. The standard InChI is InChI=1S/C14H12O.C11H19N3/c15-11-14(12-7-3-1-4-8-12)13-9-5-2-6-10-13;1-14-4-2-10(3-5-14)6-11-7-12-9-13-8-11/h1-11,14H;7,9-10H,2-6,8H2,1H3,(H,12,13). The average molecular weight is 390 g/mol. The second-order valence-electron chi connectivity index (χ2n) is 7.82. The van der Waals surface area contributed by atoms with Gasteiger partial charge in [0, 0.05) is 6.20 Å². The molecule has 1 N–H and O–H groups in total. The number of hydrogen-bond donors (Lipinski definition) is 1. The summed E-state index contributed by atoms with van der Waals surface area (Å²) in [6, 6.07) is 19.6. The fraction of sp³-hybridized carbons (Fsp3) is 0.360. The summed E-state index contributed by atoms with van der Waals surface area (Å²) in [4.78, 5) is 17.7. The first kappa shape index (κ1) is 21.0. The SMILES string of the molecule is CN1CCC(CC2=CNC=NC2)CC1.O=CC(c1ccccc1)c1ccccc1. The number of nitrogens with one attached hydrogen (secondary N) is 1. The van der Waals surface area contributed by atoms with Gasteiger partial charge in [-0.3, -0.25) is 4.99 Å². The van der Waals surface area contributed by atoms with E-state index in [9.17, 15) is 4.79 Å². The Bertz CT molecular complexity index is 754. The van der Waals surface area contributed by atoms with Gasteiger partial charge in [-0.05, 0) is 62.0 Å². The van der Waals surface area contributed by atoms with Crippen molar-refractivity contribution in [2.45, 2.75) is 25.2 Å². The Morgan fingerprint density at radius 2 is 1.62 bits per heavy atom. The zero-order valence-electron chi connectivity index (χ0n) is 17.2. The number of rotatable bonds is 5. The molecule has 152 valence electrons. The van der Waals surface area contributed by atoms with E-state index in [4.69, 9.17) is 0 Å². The number of nitrogens with zero attached hydrogens (tertiary/aromatic N) is 2. The predicted octanol–water partition coefficient (Wildman–Crippen LogP) is 4.25. The molecule has 2 heterocycles. The Labute approximate surface area is 174 Å². The van der Waals surface area contributed by atoms with Gasteiger partial charge < -0.3 is 15.0 Å². The second-order valence-corrected chi connectivity index (χ2v) is 7.82. The molecule has 4 heteroatoms. The summed E-state index contributed by atoms with van der Waals surface area (Å²) in [6.45, 7) is 3.42. The Kier molecular flexibility index (Phi) is 8.20. The highest BCUT2D eigenvalue weighted by Crippen LogP contribution is 2.24. The van der Waals surface area contributed by atoms with Crippen LogP contribution >= 0.6 is 0 Å². The minimum Gasteiger partial charge on any atom is -0.353 e. The Morgan fingerprint density at radius 1 is 1.03 bits per heavy atom.